The van der Waals surface area contributed by atoms with Gasteiger partial charge in [-0.05, 0) is 5.56 Å². The van der Waals surface area contributed by atoms with Crippen molar-refractivity contribution < 1.29 is 9.90 Å². The van der Waals surface area contributed by atoms with Crippen LogP contribution in [-0.4, -0.2) is 39.3 Å². The van der Waals surface area contributed by atoms with Crippen LogP contribution in [-0.2, 0) is 6.54 Å². The van der Waals surface area contributed by atoms with Gasteiger partial charge in [0.05, 0.1) is 6.61 Å². The van der Waals surface area contributed by atoms with Crippen molar-refractivity contribution >= 4 is 22.4 Å². The van der Waals surface area contributed by atoms with E-state index < -0.39 is 0 Å². The molecule has 0 aliphatic carbocycles. The van der Waals surface area contributed by atoms with Crippen LogP contribution in [0.2, 0.25) is 0 Å². The van der Waals surface area contributed by atoms with Crippen molar-refractivity contribution in [1.29, 1.82) is 0 Å². The van der Waals surface area contributed by atoms with Gasteiger partial charge in [0.25, 0.3) is 5.91 Å². The average molecular weight is 278 g/mol. The number of amides is 1. The SMILES string of the molecule is Nc1nnc(C(=O)N(CCO)Cc2ccccc2)s1. The van der Waals surface area contributed by atoms with E-state index in [1.54, 1.807) is 0 Å². The van der Waals surface area contributed by atoms with Gasteiger partial charge < -0.3 is 15.7 Å². The molecule has 19 heavy (non-hydrogen) atoms. The van der Waals surface area contributed by atoms with Gasteiger partial charge in [0, 0.05) is 13.1 Å². The lowest BCUT2D eigenvalue weighted by molar-refractivity contribution is 0.0706. The predicted molar refractivity (Wildman–Crippen MR) is 72.6 cm³/mol. The van der Waals surface area contributed by atoms with Gasteiger partial charge in [-0.2, -0.15) is 0 Å². The topological polar surface area (TPSA) is 92.3 Å². The van der Waals surface area contributed by atoms with Crippen LogP contribution in [0.1, 0.15) is 15.4 Å². The number of hydrogen-bond donors (Lipinski definition) is 2. The normalized spacial score (nSPS) is 10.4. The number of aliphatic hydroxyl groups is 1. The summed E-state index contributed by atoms with van der Waals surface area (Å²) in [6.07, 6.45) is 0. The van der Waals surface area contributed by atoms with Crippen LogP contribution in [0.25, 0.3) is 0 Å². The monoisotopic (exact) mass is 278 g/mol. The molecule has 6 nitrogen and oxygen atoms in total. The fourth-order valence-corrected chi connectivity index (χ4v) is 2.21. The molecule has 0 atom stereocenters. The van der Waals surface area contributed by atoms with Gasteiger partial charge in [0.15, 0.2) is 0 Å². The molecular formula is C12H14N4O2S. The van der Waals surface area contributed by atoms with Crippen LogP contribution in [0.4, 0.5) is 5.13 Å². The number of anilines is 1. The highest BCUT2D eigenvalue weighted by Gasteiger charge is 2.19. The fourth-order valence-electron chi connectivity index (χ4n) is 1.63. The Morgan fingerprint density at radius 1 is 1.32 bits per heavy atom. The second-order valence-electron chi connectivity index (χ2n) is 3.88. The zero-order valence-electron chi connectivity index (χ0n) is 10.2. The zero-order chi connectivity index (χ0) is 13.7. The van der Waals surface area contributed by atoms with E-state index in [0.717, 1.165) is 16.9 Å². The van der Waals surface area contributed by atoms with Crippen molar-refractivity contribution in [2.45, 2.75) is 6.54 Å². The smallest absolute Gasteiger partial charge is 0.285 e. The van der Waals surface area contributed by atoms with Crippen molar-refractivity contribution in [2.75, 3.05) is 18.9 Å². The summed E-state index contributed by atoms with van der Waals surface area (Å²) in [6.45, 7) is 0.555. The highest BCUT2D eigenvalue weighted by atomic mass is 32.1. The van der Waals surface area contributed by atoms with Crippen LogP contribution in [0.15, 0.2) is 30.3 Å². The van der Waals surface area contributed by atoms with Crippen molar-refractivity contribution in [2.24, 2.45) is 0 Å². The molecule has 7 heteroatoms. The first kappa shape index (κ1) is 13.4. The first-order valence-electron chi connectivity index (χ1n) is 5.73. The molecule has 1 amide bonds. The Labute approximate surface area is 114 Å². The maximum Gasteiger partial charge on any atom is 0.285 e. The highest BCUT2D eigenvalue weighted by molar-refractivity contribution is 7.16. The van der Waals surface area contributed by atoms with E-state index in [1.165, 1.54) is 4.90 Å². The number of carbonyl (C=O) groups is 1. The van der Waals surface area contributed by atoms with Gasteiger partial charge in [0.1, 0.15) is 0 Å². The molecule has 1 aromatic heterocycles. The second kappa shape index (κ2) is 6.26. The van der Waals surface area contributed by atoms with E-state index in [0.29, 0.717) is 6.54 Å². The van der Waals surface area contributed by atoms with E-state index in [-0.39, 0.29) is 29.2 Å². The van der Waals surface area contributed by atoms with E-state index in [2.05, 4.69) is 10.2 Å². The molecule has 0 radical (unpaired) electrons. The zero-order valence-corrected chi connectivity index (χ0v) is 11.0. The molecule has 1 aromatic carbocycles. The molecule has 2 rings (SSSR count). The fraction of sp³-hybridized carbons (Fsp3) is 0.250. The summed E-state index contributed by atoms with van der Waals surface area (Å²) in [7, 11) is 0. The lowest BCUT2D eigenvalue weighted by Crippen LogP contribution is -2.33. The van der Waals surface area contributed by atoms with E-state index in [9.17, 15) is 4.79 Å². The molecule has 3 N–H and O–H groups in total. The number of nitrogens with zero attached hydrogens (tertiary/aromatic N) is 3. The Morgan fingerprint density at radius 3 is 2.63 bits per heavy atom. The Kier molecular flexibility index (Phi) is 4.43. The Bertz CT molecular complexity index is 544. The van der Waals surface area contributed by atoms with Gasteiger partial charge in [0.2, 0.25) is 10.1 Å². The van der Waals surface area contributed by atoms with Crippen LogP contribution in [0.5, 0.6) is 0 Å². The standard InChI is InChI=1S/C12H14N4O2S/c13-12-15-14-10(19-12)11(18)16(6-7-17)8-9-4-2-1-3-5-9/h1-5,17H,6-8H2,(H2,13,15). The number of benzene rings is 1. The van der Waals surface area contributed by atoms with Crippen LogP contribution in [0, 0.1) is 0 Å². The molecule has 0 unspecified atom stereocenters. The molecule has 0 saturated carbocycles. The summed E-state index contributed by atoms with van der Waals surface area (Å²) < 4.78 is 0. The largest absolute Gasteiger partial charge is 0.395 e. The maximum atomic E-state index is 12.2. The lowest BCUT2D eigenvalue weighted by atomic mass is 10.2. The second-order valence-corrected chi connectivity index (χ2v) is 4.89. The molecule has 0 fully saturated rings. The first-order valence-corrected chi connectivity index (χ1v) is 6.55. The van der Waals surface area contributed by atoms with E-state index in [4.69, 9.17) is 10.8 Å². The number of nitrogens with two attached hydrogens (primary N) is 1. The highest BCUT2D eigenvalue weighted by Crippen LogP contribution is 2.15. The number of rotatable bonds is 5. The molecular weight excluding hydrogens is 264 g/mol. The molecule has 2 aromatic rings. The van der Waals surface area contributed by atoms with Crippen molar-refractivity contribution in [1.82, 2.24) is 15.1 Å². The molecule has 0 bridgehead atoms. The Hall–Kier alpha value is -1.99. The van der Waals surface area contributed by atoms with Crippen molar-refractivity contribution in [3.05, 3.63) is 40.9 Å². The number of aromatic nitrogens is 2. The number of aliphatic hydroxyl groups excluding tert-OH is 1. The van der Waals surface area contributed by atoms with E-state index in [1.807, 2.05) is 30.3 Å². The minimum atomic E-state index is -0.271. The summed E-state index contributed by atoms with van der Waals surface area (Å²) in [5.41, 5.74) is 6.46. The Morgan fingerprint density at radius 2 is 2.05 bits per heavy atom. The van der Waals surface area contributed by atoms with Crippen LogP contribution >= 0.6 is 11.3 Å². The summed E-state index contributed by atoms with van der Waals surface area (Å²) in [4.78, 5) is 13.7. The summed E-state index contributed by atoms with van der Waals surface area (Å²) in [5, 5.41) is 16.9. The Balaban J connectivity index is 2.13. The lowest BCUT2D eigenvalue weighted by Gasteiger charge is -2.20. The molecule has 0 aliphatic heterocycles. The average Bonchev–Trinajstić information content (AvgIpc) is 2.85. The molecule has 1 heterocycles. The van der Waals surface area contributed by atoms with Gasteiger partial charge in [-0.1, -0.05) is 41.7 Å². The third-order valence-corrected chi connectivity index (χ3v) is 3.24. The maximum absolute atomic E-state index is 12.2. The van der Waals surface area contributed by atoms with Gasteiger partial charge in [-0.15, -0.1) is 10.2 Å². The molecule has 0 spiro atoms. The predicted octanol–water partition coefficient (Wildman–Crippen LogP) is 0.755. The van der Waals surface area contributed by atoms with E-state index >= 15 is 0 Å². The van der Waals surface area contributed by atoms with Gasteiger partial charge in [-0.3, -0.25) is 4.79 Å². The minimum Gasteiger partial charge on any atom is -0.395 e. The summed E-state index contributed by atoms with van der Waals surface area (Å²) in [5.74, 6) is -0.271. The molecule has 0 saturated heterocycles. The number of nitrogen functional groups attached to an aromatic ring is 1. The molecule has 100 valence electrons. The van der Waals surface area contributed by atoms with Gasteiger partial charge in [-0.25, -0.2) is 0 Å². The van der Waals surface area contributed by atoms with Crippen LogP contribution in [0.3, 0.4) is 0 Å². The number of carbonyl (C=O) groups excluding carboxylic acids is 1. The third-order valence-electron chi connectivity index (χ3n) is 2.50. The van der Waals surface area contributed by atoms with Gasteiger partial charge >= 0.3 is 0 Å². The van der Waals surface area contributed by atoms with Crippen molar-refractivity contribution in [3.8, 4) is 0 Å². The number of hydrogen-bond acceptors (Lipinski definition) is 6. The van der Waals surface area contributed by atoms with Crippen molar-refractivity contribution in [3.63, 3.8) is 0 Å². The summed E-state index contributed by atoms with van der Waals surface area (Å²) >= 11 is 1.04. The quantitative estimate of drug-likeness (QED) is 0.842. The first-order chi connectivity index (χ1) is 9.20. The third kappa shape index (κ3) is 3.49. The minimum absolute atomic E-state index is 0.104. The summed E-state index contributed by atoms with van der Waals surface area (Å²) in [6, 6.07) is 9.56. The molecule has 0 aliphatic rings. The van der Waals surface area contributed by atoms with Crippen LogP contribution < -0.4 is 5.73 Å².